The van der Waals surface area contributed by atoms with Gasteiger partial charge in [0.05, 0.1) is 0 Å². The fourth-order valence-corrected chi connectivity index (χ4v) is 2.36. The third-order valence-corrected chi connectivity index (χ3v) is 3.89. The van der Waals surface area contributed by atoms with Gasteiger partial charge in [0.2, 0.25) is 0 Å². The lowest BCUT2D eigenvalue weighted by molar-refractivity contribution is 0.196. The molecule has 19 heavy (non-hydrogen) atoms. The lowest BCUT2D eigenvalue weighted by Gasteiger charge is -2.31. The molecule has 0 fully saturated rings. The molecule has 2 aromatic rings. The monoisotopic (exact) mass is 255 g/mol. The molecule has 0 spiro atoms. The van der Waals surface area contributed by atoms with Gasteiger partial charge in [-0.3, -0.25) is 4.90 Å². The van der Waals surface area contributed by atoms with Crippen molar-refractivity contribution in [3.05, 3.63) is 65.7 Å². The minimum Gasteiger partial charge on any atom is -0.508 e. The molecule has 2 rings (SSSR count). The smallest absolute Gasteiger partial charge is 0.120 e. The first kappa shape index (κ1) is 13.6. The minimum absolute atomic E-state index is 0.163. The summed E-state index contributed by atoms with van der Waals surface area (Å²) >= 11 is 0. The molecule has 0 aliphatic heterocycles. The molecule has 0 aromatic heterocycles. The molecule has 2 atom stereocenters. The Morgan fingerprint density at radius 3 is 2.05 bits per heavy atom. The van der Waals surface area contributed by atoms with E-state index in [9.17, 15) is 5.11 Å². The Labute approximate surface area is 115 Å². The first-order chi connectivity index (χ1) is 9.11. The molecule has 100 valence electrons. The van der Waals surface area contributed by atoms with Gasteiger partial charge in [-0.15, -0.1) is 0 Å². The lowest BCUT2D eigenvalue weighted by Crippen LogP contribution is -2.25. The molecular weight excluding hydrogens is 234 g/mol. The number of phenols is 1. The quantitative estimate of drug-likeness (QED) is 0.887. The maximum absolute atomic E-state index is 9.96. The molecule has 0 heterocycles. The van der Waals surface area contributed by atoms with E-state index in [1.54, 1.807) is 6.07 Å². The van der Waals surface area contributed by atoms with E-state index in [0.717, 1.165) is 5.56 Å². The Hall–Kier alpha value is -1.80. The number of rotatable bonds is 4. The van der Waals surface area contributed by atoms with Crippen LogP contribution in [0.5, 0.6) is 5.75 Å². The molecule has 0 unspecified atom stereocenters. The van der Waals surface area contributed by atoms with Crippen LogP contribution in [0, 0.1) is 0 Å². The maximum atomic E-state index is 9.96. The van der Waals surface area contributed by atoms with Crippen molar-refractivity contribution in [3.63, 3.8) is 0 Å². The number of benzene rings is 2. The highest BCUT2D eigenvalue weighted by atomic mass is 16.3. The van der Waals surface area contributed by atoms with Gasteiger partial charge in [-0.1, -0.05) is 48.5 Å². The van der Waals surface area contributed by atoms with E-state index in [2.05, 4.69) is 50.1 Å². The van der Waals surface area contributed by atoms with Crippen LogP contribution < -0.4 is 0 Å². The van der Waals surface area contributed by atoms with Gasteiger partial charge in [0.1, 0.15) is 5.75 Å². The van der Waals surface area contributed by atoms with E-state index < -0.39 is 0 Å². The molecule has 0 aliphatic carbocycles. The van der Waals surface area contributed by atoms with Gasteiger partial charge in [-0.2, -0.15) is 0 Å². The van der Waals surface area contributed by atoms with Crippen LogP contribution in [0.1, 0.15) is 37.1 Å². The van der Waals surface area contributed by atoms with Gasteiger partial charge in [0.15, 0.2) is 0 Å². The maximum Gasteiger partial charge on any atom is 0.120 e. The standard InChI is InChI=1S/C17H21NO/c1-13(15-9-5-4-6-10-15)18(3)14(2)16-11-7-8-12-17(16)19/h4-14,19H,1-3H3/t13-,14-/m1/s1. The van der Waals surface area contributed by atoms with Crippen molar-refractivity contribution in [2.75, 3.05) is 7.05 Å². The van der Waals surface area contributed by atoms with Crippen molar-refractivity contribution in [1.82, 2.24) is 4.90 Å². The Bertz CT molecular complexity index is 524. The molecule has 0 saturated heterocycles. The summed E-state index contributed by atoms with van der Waals surface area (Å²) in [6, 6.07) is 18.4. The Balaban J connectivity index is 2.20. The van der Waals surface area contributed by atoms with E-state index in [0.29, 0.717) is 11.8 Å². The average molecular weight is 255 g/mol. The van der Waals surface area contributed by atoms with Gasteiger partial charge in [-0.05, 0) is 32.5 Å². The number of hydrogen-bond donors (Lipinski definition) is 1. The second-order valence-corrected chi connectivity index (χ2v) is 4.99. The summed E-state index contributed by atoms with van der Waals surface area (Å²) in [5.41, 5.74) is 2.25. The van der Waals surface area contributed by atoms with Crippen LogP contribution in [0.2, 0.25) is 0 Å². The first-order valence-electron chi connectivity index (χ1n) is 6.66. The molecule has 0 aliphatic rings. The fourth-order valence-electron chi connectivity index (χ4n) is 2.36. The predicted molar refractivity (Wildman–Crippen MR) is 79.1 cm³/mol. The van der Waals surface area contributed by atoms with Gasteiger partial charge < -0.3 is 5.11 Å². The summed E-state index contributed by atoms with van der Waals surface area (Å²) in [7, 11) is 2.09. The zero-order valence-corrected chi connectivity index (χ0v) is 11.7. The fraction of sp³-hybridized carbons (Fsp3) is 0.294. The van der Waals surface area contributed by atoms with Crippen LogP contribution in [0.25, 0.3) is 0 Å². The van der Waals surface area contributed by atoms with Crippen LogP contribution in [0.3, 0.4) is 0 Å². The van der Waals surface area contributed by atoms with Gasteiger partial charge in [-0.25, -0.2) is 0 Å². The molecule has 2 nitrogen and oxygen atoms in total. The number of hydrogen-bond acceptors (Lipinski definition) is 2. The van der Waals surface area contributed by atoms with E-state index >= 15 is 0 Å². The van der Waals surface area contributed by atoms with Crippen molar-refractivity contribution >= 4 is 0 Å². The van der Waals surface area contributed by atoms with Gasteiger partial charge in [0, 0.05) is 17.6 Å². The Morgan fingerprint density at radius 2 is 1.42 bits per heavy atom. The van der Waals surface area contributed by atoms with E-state index in [1.165, 1.54) is 5.56 Å². The van der Waals surface area contributed by atoms with Crippen molar-refractivity contribution in [3.8, 4) is 5.75 Å². The topological polar surface area (TPSA) is 23.5 Å². The van der Waals surface area contributed by atoms with Crippen LogP contribution in [0.15, 0.2) is 54.6 Å². The van der Waals surface area contributed by atoms with Gasteiger partial charge >= 0.3 is 0 Å². The second-order valence-electron chi connectivity index (χ2n) is 4.99. The highest BCUT2D eigenvalue weighted by Gasteiger charge is 2.20. The summed E-state index contributed by atoms with van der Waals surface area (Å²) in [4.78, 5) is 2.27. The summed E-state index contributed by atoms with van der Waals surface area (Å²) in [6.45, 7) is 4.31. The summed E-state index contributed by atoms with van der Waals surface area (Å²) in [5.74, 6) is 0.363. The molecule has 0 amide bonds. The highest BCUT2D eigenvalue weighted by molar-refractivity contribution is 5.34. The molecule has 0 radical (unpaired) electrons. The van der Waals surface area contributed by atoms with Gasteiger partial charge in [0.25, 0.3) is 0 Å². The Kier molecular flexibility index (Phi) is 4.23. The number of para-hydroxylation sites is 1. The zero-order valence-electron chi connectivity index (χ0n) is 11.7. The van der Waals surface area contributed by atoms with E-state index in [4.69, 9.17) is 0 Å². The lowest BCUT2D eigenvalue weighted by atomic mass is 10.0. The number of phenolic OH excluding ortho intramolecular Hbond substituents is 1. The molecule has 2 heteroatoms. The molecule has 0 bridgehead atoms. The van der Waals surface area contributed by atoms with Crippen molar-refractivity contribution in [2.24, 2.45) is 0 Å². The van der Waals surface area contributed by atoms with Crippen LogP contribution >= 0.6 is 0 Å². The summed E-state index contributed by atoms with van der Waals surface area (Å²) < 4.78 is 0. The van der Waals surface area contributed by atoms with Crippen molar-refractivity contribution in [2.45, 2.75) is 25.9 Å². The normalized spacial score (nSPS) is 14.3. The molecular formula is C17H21NO. The molecule has 0 saturated carbocycles. The second kappa shape index (κ2) is 5.89. The highest BCUT2D eigenvalue weighted by Crippen LogP contribution is 2.32. The third kappa shape index (κ3) is 2.96. The molecule has 2 aromatic carbocycles. The third-order valence-electron chi connectivity index (χ3n) is 3.89. The number of nitrogens with zero attached hydrogens (tertiary/aromatic N) is 1. The average Bonchev–Trinajstić information content (AvgIpc) is 2.46. The zero-order chi connectivity index (χ0) is 13.8. The van der Waals surface area contributed by atoms with E-state index in [1.807, 2.05) is 24.3 Å². The summed E-state index contributed by atoms with van der Waals surface area (Å²) in [6.07, 6.45) is 0. The number of aromatic hydroxyl groups is 1. The Morgan fingerprint density at radius 1 is 0.842 bits per heavy atom. The van der Waals surface area contributed by atoms with Crippen molar-refractivity contribution in [1.29, 1.82) is 0 Å². The van der Waals surface area contributed by atoms with Crippen LogP contribution in [0.4, 0.5) is 0 Å². The summed E-state index contributed by atoms with van der Waals surface area (Å²) in [5, 5.41) is 9.96. The minimum atomic E-state index is 0.163. The van der Waals surface area contributed by atoms with E-state index in [-0.39, 0.29) is 6.04 Å². The first-order valence-corrected chi connectivity index (χ1v) is 6.66. The van der Waals surface area contributed by atoms with Crippen LogP contribution in [-0.2, 0) is 0 Å². The largest absolute Gasteiger partial charge is 0.508 e. The van der Waals surface area contributed by atoms with Crippen molar-refractivity contribution < 1.29 is 5.11 Å². The SMILES string of the molecule is C[C@H](c1ccccc1)N(C)[C@H](C)c1ccccc1O. The molecule has 1 N–H and O–H groups in total. The van der Waals surface area contributed by atoms with Crippen LogP contribution in [-0.4, -0.2) is 17.1 Å². The predicted octanol–water partition coefficient (Wildman–Crippen LogP) is 4.15.